The second kappa shape index (κ2) is 6.03. The van der Waals surface area contributed by atoms with Crippen LogP contribution >= 0.6 is 0 Å². The molecule has 5 heteroatoms. The molecule has 0 bridgehead atoms. The molecule has 0 aromatic carbocycles. The topological polar surface area (TPSA) is 79.3 Å². The number of aromatic nitrogens is 1. The summed E-state index contributed by atoms with van der Waals surface area (Å²) < 4.78 is 0. The maximum absolute atomic E-state index is 12.1. The van der Waals surface area contributed by atoms with Crippen molar-refractivity contribution >= 4 is 11.9 Å². The van der Waals surface area contributed by atoms with Crippen molar-refractivity contribution in [3.05, 3.63) is 30.1 Å². The van der Waals surface area contributed by atoms with Gasteiger partial charge in [-0.05, 0) is 36.5 Å². The molecule has 1 fully saturated rings. The molecule has 1 aromatic heterocycles. The number of hydrogen-bond acceptors (Lipinski definition) is 3. The lowest BCUT2D eigenvalue weighted by Crippen LogP contribution is -2.57. The molecule has 20 heavy (non-hydrogen) atoms. The molecule has 0 spiro atoms. The Labute approximate surface area is 118 Å². The number of carbonyl (C=O) groups is 2. The zero-order chi connectivity index (χ0) is 14.6. The van der Waals surface area contributed by atoms with Crippen LogP contribution in [0.5, 0.6) is 0 Å². The first kappa shape index (κ1) is 14.5. The number of carbonyl (C=O) groups excluding carboxylic acids is 1. The Morgan fingerprint density at radius 3 is 2.75 bits per heavy atom. The van der Waals surface area contributed by atoms with E-state index in [4.69, 9.17) is 0 Å². The number of carboxylic acids is 1. The lowest BCUT2D eigenvalue weighted by molar-refractivity contribution is -0.150. The summed E-state index contributed by atoms with van der Waals surface area (Å²) in [5.74, 6) is -0.846. The smallest absolute Gasteiger partial charge is 0.329 e. The summed E-state index contributed by atoms with van der Waals surface area (Å²) in [4.78, 5) is 27.6. The number of rotatable bonds is 4. The van der Waals surface area contributed by atoms with Crippen molar-refractivity contribution in [1.82, 2.24) is 10.3 Å². The van der Waals surface area contributed by atoms with E-state index in [2.05, 4.69) is 10.3 Å². The number of carboxylic acid groups (broad SMARTS) is 1. The molecular weight excluding hydrogens is 256 g/mol. The van der Waals surface area contributed by atoms with Crippen molar-refractivity contribution in [1.29, 1.82) is 0 Å². The summed E-state index contributed by atoms with van der Waals surface area (Å²) in [6.45, 7) is 2.03. The van der Waals surface area contributed by atoms with E-state index in [0.717, 1.165) is 18.4 Å². The second-order valence-electron chi connectivity index (χ2n) is 5.67. The van der Waals surface area contributed by atoms with Crippen LogP contribution in [0.1, 0.15) is 38.2 Å². The van der Waals surface area contributed by atoms with Crippen LogP contribution in [-0.4, -0.2) is 27.5 Å². The zero-order valence-electron chi connectivity index (χ0n) is 11.6. The second-order valence-corrected chi connectivity index (χ2v) is 5.67. The van der Waals surface area contributed by atoms with E-state index in [0.29, 0.717) is 18.8 Å². The van der Waals surface area contributed by atoms with Crippen LogP contribution < -0.4 is 5.32 Å². The minimum Gasteiger partial charge on any atom is -0.480 e. The molecule has 2 rings (SSSR count). The van der Waals surface area contributed by atoms with Crippen molar-refractivity contribution in [2.45, 2.75) is 44.6 Å². The predicted octanol–water partition coefficient (Wildman–Crippen LogP) is 1.77. The number of nitrogens with one attached hydrogen (secondary N) is 1. The molecule has 108 valence electrons. The van der Waals surface area contributed by atoms with Crippen LogP contribution in [0.15, 0.2) is 24.5 Å². The van der Waals surface area contributed by atoms with Crippen molar-refractivity contribution in [2.24, 2.45) is 5.92 Å². The molecule has 1 saturated carbocycles. The quantitative estimate of drug-likeness (QED) is 0.878. The molecule has 1 aromatic rings. The first-order chi connectivity index (χ1) is 9.52. The van der Waals surface area contributed by atoms with Crippen LogP contribution in [0.3, 0.4) is 0 Å². The summed E-state index contributed by atoms with van der Waals surface area (Å²) in [5.41, 5.74) is -0.260. The lowest BCUT2D eigenvalue weighted by Gasteiger charge is -2.37. The first-order valence-corrected chi connectivity index (χ1v) is 6.95. The third-order valence-electron chi connectivity index (χ3n) is 3.90. The molecule has 2 unspecified atom stereocenters. The fourth-order valence-corrected chi connectivity index (χ4v) is 2.91. The van der Waals surface area contributed by atoms with Gasteiger partial charge in [-0.25, -0.2) is 4.79 Å². The third kappa shape index (κ3) is 3.35. The fraction of sp³-hybridized carbons (Fsp3) is 0.533. The van der Waals surface area contributed by atoms with Gasteiger partial charge in [0.05, 0.1) is 6.42 Å². The van der Waals surface area contributed by atoms with Gasteiger partial charge in [-0.3, -0.25) is 9.78 Å². The molecular formula is C15H20N2O3. The number of aliphatic carboxylic acids is 1. The van der Waals surface area contributed by atoms with Gasteiger partial charge < -0.3 is 10.4 Å². The molecule has 0 saturated heterocycles. The van der Waals surface area contributed by atoms with Gasteiger partial charge in [-0.1, -0.05) is 19.8 Å². The number of pyridine rings is 1. The van der Waals surface area contributed by atoms with E-state index in [1.54, 1.807) is 24.5 Å². The van der Waals surface area contributed by atoms with Gasteiger partial charge in [0.15, 0.2) is 0 Å². The van der Waals surface area contributed by atoms with Crippen molar-refractivity contribution in [3.63, 3.8) is 0 Å². The van der Waals surface area contributed by atoms with Crippen LogP contribution in [-0.2, 0) is 16.0 Å². The van der Waals surface area contributed by atoms with E-state index in [-0.39, 0.29) is 12.3 Å². The molecule has 5 nitrogen and oxygen atoms in total. The van der Waals surface area contributed by atoms with Crippen LogP contribution in [0.4, 0.5) is 0 Å². The van der Waals surface area contributed by atoms with Gasteiger partial charge in [-0.2, -0.15) is 0 Å². The highest BCUT2D eigenvalue weighted by Crippen LogP contribution is 2.32. The molecule has 1 heterocycles. The Balaban J connectivity index is 2.05. The Hall–Kier alpha value is -1.91. The van der Waals surface area contributed by atoms with Crippen LogP contribution in [0.2, 0.25) is 0 Å². The Bertz CT molecular complexity index is 489. The maximum atomic E-state index is 12.1. The van der Waals surface area contributed by atoms with Gasteiger partial charge >= 0.3 is 5.97 Å². The van der Waals surface area contributed by atoms with Gasteiger partial charge in [0.25, 0.3) is 0 Å². The first-order valence-electron chi connectivity index (χ1n) is 6.95. The number of hydrogen-bond donors (Lipinski definition) is 2. The van der Waals surface area contributed by atoms with Gasteiger partial charge in [0.1, 0.15) is 5.54 Å². The highest BCUT2D eigenvalue weighted by Gasteiger charge is 2.42. The van der Waals surface area contributed by atoms with Crippen molar-refractivity contribution in [3.8, 4) is 0 Å². The maximum Gasteiger partial charge on any atom is 0.329 e. The minimum atomic E-state index is -1.10. The predicted molar refractivity (Wildman–Crippen MR) is 74.1 cm³/mol. The van der Waals surface area contributed by atoms with E-state index in [1.807, 2.05) is 6.92 Å². The fourth-order valence-electron chi connectivity index (χ4n) is 2.91. The lowest BCUT2D eigenvalue weighted by atomic mass is 9.76. The summed E-state index contributed by atoms with van der Waals surface area (Å²) in [6.07, 6.45) is 6.31. The average Bonchev–Trinajstić information content (AvgIpc) is 2.39. The minimum absolute atomic E-state index is 0.186. The Morgan fingerprint density at radius 2 is 2.15 bits per heavy atom. The van der Waals surface area contributed by atoms with Crippen molar-refractivity contribution in [2.75, 3.05) is 0 Å². The number of amides is 1. The largest absolute Gasteiger partial charge is 0.480 e. The van der Waals surface area contributed by atoms with E-state index >= 15 is 0 Å². The Kier molecular flexibility index (Phi) is 4.37. The third-order valence-corrected chi connectivity index (χ3v) is 3.90. The molecule has 0 aliphatic heterocycles. The summed E-state index contributed by atoms with van der Waals surface area (Å²) in [7, 11) is 0. The van der Waals surface area contributed by atoms with Gasteiger partial charge in [0.2, 0.25) is 5.91 Å². The molecule has 0 radical (unpaired) electrons. The molecule has 2 atom stereocenters. The van der Waals surface area contributed by atoms with E-state index in [9.17, 15) is 14.7 Å². The number of nitrogens with zero attached hydrogens (tertiary/aromatic N) is 1. The normalized spacial score (nSPS) is 25.9. The molecule has 2 N–H and O–H groups in total. The molecule has 1 amide bonds. The molecule has 1 aliphatic carbocycles. The summed E-state index contributed by atoms with van der Waals surface area (Å²) in [6, 6.07) is 3.52. The van der Waals surface area contributed by atoms with E-state index < -0.39 is 11.5 Å². The summed E-state index contributed by atoms with van der Waals surface area (Å²) >= 11 is 0. The highest BCUT2D eigenvalue weighted by atomic mass is 16.4. The van der Waals surface area contributed by atoms with Crippen LogP contribution in [0.25, 0.3) is 0 Å². The SMILES string of the molecule is CC1CCCC(NC(=O)Cc2ccncc2)(C(=O)O)C1. The van der Waals surface area contributed by atoms with Crippen LogP contribution in [0, 0.1) is 5.92 Å². The zero-order valence-corrected chi connectivity index (χ0v) is 11.6. The Morgan fingerprint density at radius 1 is 1.45 bits per heavy atom. The average molecular weight is 276 g/mol. The van der Waals surface area contributed by atoms with E-state index in [1.165, 1.54) is 0 Å². The van der Waals surface area contributed by atoms with Gasteiger partial charge in [0, 0.05) is 12.4 Å². The van der Waals surface area contributed by atoms with Crippen molar-refractivity contribution < 1.29 is 14.7 Å². The standard InChI is InChI=1S/C15H20N2O3/c1-11-3-2-6-15(10-11,14(19)20)17-13(18)9-12-4-7-16-8-5-12/h4-5,7-8,11H,2-3,6,9-10H2,1H3,(H,17,18)(H,19,20). The highest BCUT2D eigenvalue weighted by molar-refractivity contribution is 5.88. The molecule has 1 aliphatic rings. The van der Waals surface area contributed by atoms with Gasteiger partial charge in [-0.15, -0.1) is 0 Å². The summed E-state index contributed by atoms with van der Waals surface area (Å²) in [5, 5.41) is 12.2. The monoisotopic (exact) mass is 276 g/mol.